The van der Waals surface area contributed by atoms with Crippen LogP contribution in [0.15, 0.2) is 12.2 Å². The second-order valence-electron chi connectivity index (χ2n) is 3.45. The third-order valence-corrected chi connectivity index (χ3v) is 1.88. The summed E-state index contributed by atoms with van der Waals surface area (Å²) in [5, 5.41) is 10.4. The van der Waals surface area contributed by atoms with Crippen molar-refractivity contribution in [1.29, 1.82) is 0 Å². The van der Waals surface area contributed by atoms with Gasteiger partial charge in [0, 0.05) is 25.2 Å². The summed E-state index contributed by atoms with van der Waals surface area (Å²) in [5.74, 6) is -1.96. The molecule has 2 N–H and O–H groups in total. The lowest BCUT2D eigenvalue weighted by atomic mass is 10.3. The molecule has 6 heteroatoms. The zero-order valence-corrected chi connectivity index (χ0v) is 10.1. The maximum atomic E-state index is 11.6. The summed E-state index contributed by atoms with van der Waals surface area (Å²) in [6, 6.07) is -0.492. The van der Waals surface area contributed by atoms with Crippen molar-refractivity contribution >= 4 is 17.9 Å². The van der Waals surface area contributed by atoms with E-state index in [9.17, 15) is 14.4 Å². The average Bonchev–Trinajstić information content (AvgIpc) is 2.26. The maximum absolute atomic E-state index is 11.6. The van der Waals surface area contributed by atoms with Crippen LogP contribution in [0.4, 0.5) is 4.79 Å². The number of aliphatic carboxylic acids is 1. The first-order valence-corrected chi connectivity index (χ1v) is 5.52. The number of hydrogen-bond acceptors (Lipinski definition) is 3. The summed E-state index contributed by atoms with van der Waals surface area (Å²) in [5.41, 5.74) is 0. The minimum Gasteiger partial charge on any atom is -0.478 e. The van der Waals surface area contributed by atoms with Gasteiger partial charge in [-0.05, 0) is 12.8 Å². The van der Waals surface area contributed by atoms with Crippen molar-refractivity contribution in [3.8, 4) is 0 Å². The van der Waals surface area contributed by atoms with E-state index in [4.69, 9.17) is 5.11 Å². The molecule has 0 aromatic rings. The monoisotopic (exact) mass is 242 g/mol. The third-order valence-electron chi connectivity index (χ3n) is 1.88. The van der Waals surface area contributed by atoms with Crippen molar-refractivity contribution in [2.75, 3.05) is 13.1 Å². The van der Waals surface area contributed by atoms with Crippen molar-refractivity contribution < 1.29 is 19.5 Å². The topological polar surface area (TPSA) is 86.7 Å². The number of hydrogen-bond donors (Lipinski definition) is 2. The fourth-order valence-corrected chi connectivity index (χ4v) is 1.23. The summed E-state index contributed by atoms with van der Waals surface area (Å²) >= 11 is 0. The zero-order valence-electron chi connectivity index (χ0n) is 10.1. The minimum absolute atomic E-state index is 0.492. The molecule has 0 aromatic carbocycles. The Morgan fingerprint density at radius 1 is 1.12 bits per heavy atom. The van der Waals surface area contributed by atoms with Gasteiger partial charge < -0.3 is 10.0 Å². The molecule has 0 aromatic heterocycles. The summed E-state index contributed by atoms with van der Waals surface area (Å²) < 4.78 is 0. The van der Waals surface area contributed by atoms with Crippen LogP contribution in [-0.2, 0) is 9.59 Å². The van der Waals surface area contributed by atoms with E-state index in [1.807, 2.05) is 13.8 Å². The van der Waals surface area contributed by atoms with Gasteiger partial charge in [-0.3, -0.25) is 10.1 Å². The Bertz CT molecular complexity index is 307. The first-order chi connectivity index (χ1) is 8.01. The molecule has 0 rings (SSSR count). The number of urea groups is 1. The minimum atomic E-state index is -1.23. The molecule has 0 bridgehead atoms. The van der Waals surface area contributed by atoms with E-state index in [1.54, 1.807) is 0 Å². The number of amides is 3. The van der Waals surface area contributed by atoms with Gasteiger partial charge in [0.2, 0.25) is 0 Å². The van der Waals surface area contributed by atoms with E-state index in [1.165, 1.54) is 4.90 Å². The van der Waals surface area contributed by atoms with Gasteiger partial charge in [0.1, 0.15) is 0 Å². The molecule has 0 aliphatic heterocycles. The van der Waals surface area contributed by atoms with Crippen LogP contribution in [0.25, 0.3) is 0 Å². The summed E-state index contributed by atoms with van der Waals surface area (Å²) in [4.78, 5) is 34.4. The summed E-state index contributed by atoms with van der Waals surface area (Å²) in [7, 11) is 0. The van der Waals surface area contributed by atoms with Crippen LogP contribution >= 0.6 is 0 Å². The first kappa shape index (κ1) is 15.2. The molecule has 0 unspecified atom stereocenters. The molecule has 0 saturated heterocycles. The molecule has 0 fully saturated rings. The quantitative estimate of drug-likeness (QED) is 0.680. The van der Waals surface area contributed by atoms with Crippen molar-refractivity contribution in [3.63, 3.8) is 0 Å². The third kappa shape index (κ3) is 7.10. The fourth-order valence-electron chi connectivity index (χ4n) is 1.23. The smallest absolute Gasteiger partial charge is 0.328 e. The summed E-state index contributed by atoms with van der Waals surface area (Å²) in [6.45, 7) is 5.00. The van der Waals surface area contributed by atoms with Gasteiger partial charge in [-0.25, -0.2) is 9.59 Å². The Hall–Kier alpha value is -1.85. The molecule has 0 spiro atoms. The molecule has 0 atom stereocenters. The standard InChI is InChI=1S/C11H18N2O4/c1-3-7-13(8-4-2)11(17)12-9(14)5-6-10(15)16/h5-6H,3-4,7-8H2,1-2H3,(H,15,16)(H,12,14,17)/b6-5+. The normalized spacial score (nSPS) is 10.2. The van der Waals surface area contributed by atoms with Crippen LogP contribution < -0.4 is 5.32 Å². The SMILES string of the molecule is CCCN(CCC)C(=O)NC(=O)/C=C/C(=O)O. The molecule has 17 heavy (non-hydrogen) atoms. The number of nitrogens with one attached hydrogen (secondary N) is 1. The number of carbonyl (C=O) groups is 3. The van der Waals surface area contributed by atoms with E-state index in [-0.39, 0.29) is 0 Å². The van der Waals surface area contributed by atoms with Gasteiger partial charge in [0.25, 0.3) is 5.91 Å². The maximum Gasteiger partial charge on any atom is 0.328 e. The van der Waals surface area contributed by atoms with Crippen LogP contribution in [0.3, 0.4) is 0 Å². The Kier molecular flexibility index (Phi) is 7.41. The predicted molar refractivity (Wildman–Crippen MR) is 62.5 cm³/mol. The van der Waals surface area contributed by atoms with Crippen molar-refractivity contribution in [2.45, 2.75) is 26.7 Å². The molecular formula is C11H18N2O4. The Labute approximate surface area is 100 Å². The van der Waals surface area contributed by atoms with Crippen LogP contribution in [0.1, 0.15) is 26.7 Å². The first-order valence-electron chi connectivity index (χ1n) is 5.52. The van der Waals surface area contributed by atoms with E-state index in [2.05, 4.69) is 5.32 Å². The van der Waals surface area contributed by atoms with Gasteiger partial charge in [0.15, 0.2) is 0 Å². The molecule has 0 heterocycles. The van der Waals surface area contributed by atoms with E-state index < -0.39 is 17.9 Å². The molecule has 0 aliphatic carbocycles. The Morgan fingerprint density at radius 2 is 1.65 bits per heavy atom. The molecule has 3 amide bonds. The molecule has 0 aliphatic rings. The molecule has 6 nitrogen and oxygen atoms in total. The van der Waals surface area contributed by atoms with Crippen LogP contribution in [-0.4, -0.2) is 41.0 Å². The number of carbonyl (C=O) groups excluding carboxylic acids is 2. The van der Waals surface area contributed by atoms with Gasteiger partial charge in [-0.15, -0.1) is 0 Å². The molecule has 96 valence electrons. The molecule has 0 saturated carbocycles. The van der Waals surface area contributed by atoms with Crippen LogP contribution in [0.5, 0.6) is 0 Å². The molecule has 0 radical (unpaired) electrons. The second kappa shape index (κ2) is 8.32. The van der Waals surface area contributed by atoms with Crippen LogP contribution in [0.2, 0.25) is 0 Å². The fraction of sp³-hybridized carbons (Fsp3) is 0.545. The second-order valence-corrected chi connectivity index (χ2v) is 3.45. The largest absolute Gasteiger partial charge is 0.478 e. The van der Waals surface area contributed by atoms with E-state index in [0.717, 1.165) is 18.9 Å². The Morgan fingerprint density at radius 3 is 2.06 bits per heavy atom. The van der Waals surface area contributed by atoms with Crippen LogP contribution in [0, 0.1) is 0 Å². The highest BCUT2D eigenvalue weighted by Crippen LogP contribution is 1.95. The molecular weight excluding hydrogens is 224 g/mol. The number of imide groups is 1. The highest BCUT2D eigenvalue weighted by molar-refractivity contribution is 6.02. The average molecular weight is 242 g/mol. The highest BCUT2D eigenvalue weighted by Gasteiger charge is 2.13. The lowest BCUT2D eigenvalue weighted by Crippen LogP contribution is -2.43. The predicted octanol–water partition coefficient (Wildman–Crippen LogP) is 0.985. The van der Waals surface area contributed by atoms with Gasteiger partial charge in [-0.1, -0.05) is 13.8 Å². The van der Waals surface area contributed by atoms with Gasteiger partial charge >= 0.3 is 12.0 Å². The summed E-state index contributed by atoms with van der Waals surface area (Å²) in [6.07, 6.45) is 3.10. The van der Waals surface area contributed by atoms with Crippen molar-refractivity contribution in [3.05, 3.63) is 12.2 Å². The zero-order chi connectivity index (χ0) is 13.3. The van der Waals surface area contributed by atoms with E-state index >= 15 is 0 Å². The number of rotatable bonds is 6. The van der Waals surface area contributed by atoms with Gasteiger partial charge in [-0.2, -0.15) is 0 Å². The Balaban J connectivity index is 4.29. The van der Waals surface area contributed by atoms with Gasteiger partial charge in [0.05, 0.1) is 0 Å². The lowest BCUT2D eigenvalue weighted by Gasteiger charge is -2.20. The highest BCUT2D eigenvalue weighted by atomic mass is 16.4. The van der Waals surface area contributed by atoms with Crippen molar-refractivity contribution in [2.24, 2.45) is 0 Å². The lowest BCUT2D eigenvalue weighted by molar-refractivity contribution is -0.131. The van der Waals surface area contributed by atoms with E-state index in [0.29, 0.717) is 19.2 Å². The number of nitrogens with zero attached hydrogens (tertiary/aromatic N) is 1. The number of carboxylic acids is 1. The number of carboxylic acid groups (broad SMARTS) is 1. The van der Waals surface area contributed by atoms with Crippen molar-refractivity contribution in [1.82, 2.24) is 10.2 Å².